The zero-order valence-electron chi connectivity index (χ0n) is 10.7. The molecule has 1 saturated carbocycles. The fourth-order valence-corrected chi connectivity index (χ4v) is 2.50. The van der Waals surface area contributed by atoms with E-state index >= 15 is 0 Å². The van der Waals surface area contributed by atoms with E-state index in [1.54, 1.807) is 0 Å². The lowest BCUT2D eigenvalue weighted by atomic mass is 10.1. The zero-order chi connectivity index (χ0) is 12.7. The second-order valence-corrected chi connectivity index (χ2v) is 5.28. The van der Waals surface area contributed by atoms with Gasteiger partial charge in [-0.05, 0) is 48.6 Å². The Morgan fingerprint density at radius 1 is 1.11 bits per heavy atom. The van der Waals surface area contributed by atoms with E-state index in [4.69, 9.17) is 0 Å². The third-order valence-corrected chi connectivity index (χ3v) is 3.78. The van der Waals surface area contributed by atoms with Gasteiger partial charge in [-0.3, -0.25) is 9.97 Å². The minimum absolute atomic E-state index is 0.875. The highest BCUT2D eigenvalue weighted by Crippen LogP contribution is 2.32. The summed E-state index contributed by atoms with van der Waals surface area (Å²) < 4.78 is 2.34. The first kappa shape index (κ1) is 10.7. The number of hydrogen-bond acceptors (Lipinski definition) is 2. The molecule has 3 aromatic rings. The van der Waals surface area contributed by atoms with Gasteiger partial charge in [0.05, 0.1) is 11.0 Å². The van der Waals surface area contributed by atoms with E-state index in [-0.39, 0.29) is 0 Å². The van der Waals surface area contributed by atoms with Crippen molar-refractivity contribution in [2.24, 2.45) is 5.92 Å². The summed E-state index contributed by atoms with van der Waals surface area (Å²) in [6.07, 6.45) is 10.5. The number of nitrogens with zero attached hydrogens (tertiary/aromatic N) is 3. The third kappa shape index (κ3) is 2.01. The Balaban J connectivity index is 1.80. The number of rotatable bonds is 3. The van der Waals surface area contributed by atoms with Crippen LogP contribution >= 0.6 is 0 Å². The predicted octanol–water partition coefficient (Wildman–Crippen LogP) is 3.51. The third-order valence-electron chi connectivity index (χ3n) is 3.78. The largest absolute Gasteiger partial charge is 0.346 e. The van der Waals surface area contributed by atoms with Gasteiger partial charge in [-0.15, -0.1) is 0 Å². The number of hydrogen-bond donors (Lipinski definition) is 0. The normalized spacial score (nSPS) is 14.9. The summed E-state index contributed by atoms with van der Waals surface area (Å²) in [6, 6.07) is 8.39. The molecule has 0 unspecified atom stereocenters. The van der Waals surface area contributed by atoms with Crippen LogP contribution in [0.1, 0.15) is 12.8 Å². The van der Waals surface area contributed by atoms with E-state index in [0.29, 0.717) is 0 Å². The van der Waals surface area contributed by atoms with Crippen molar-refractivity contribution in [2.75, 3.05) is 0 Å². The smallest absolute Gasteiger partial charge is 0.0881 e. The molecular formula is C16H15N3. The van der Waals surface area contributed by atoms with Gasteiger partial charge in [0.1, 0.15) is 0 Å². The van der Waals surface area contributed by atoms with Crippen LogP contribution in [0.3, 0.4) is 0 Å². The van der Waals surface area contributed by atoms with Crippen molar-refractivity contribution in [3.05, 3.63) is 49.1 Å². The van der Waals surface area contributed by atoms with Crippen molar-refractivity contribution in [1.82, 2.24) is 14.5 Å². The Hall–Kier alpha value is -2.16. The highest BCUT2D eigenvalue weighted by molar-refractivity contribution is 5.81. The van der Waals surface area contributed by atoms with Crippen molar-refractivity contribution in [2.45, 2.75) is 19.4 Å². The first-order valence-electron chi connectivity index (χ1n) is 6.75. The maximum Gasteiger partial charge on any atom is 0.0881 e. The van der Waals surface area contributed by atoms with Gasteiger partial charge in [0.2, 0.25) is 0 Å². The van der Waals surface area contributed by atoms with Gasteiger partial charge < -0.3 is 4.57 Å². The zero-order valence-corrected chi connectivity index (χ0v) is 10.7. The van der Waals surface area contributed by atoms with Crippen LogP contribution in [0.15, 0.2) is 49.1 Å². The molecule has 1 aliphatic rings. The van der Waals surface area contributed by atoms with Crippen LogP contribution in [0.2, 0.25) is 0 Å². The van der Waals surface area contributed by atoms with E-state index in [2.05, 4.69) is 32.9 Å². The molecule has 0 saturated heterocycles. The van der Waals surface area contributed by atoms with E-state index in [1.807, 2.05) is 30.7 Å². The molecule has 1 fully saturated rings. The van der Waals surface area contributed by atoms with Crippen molar-refractivity contribution in [3.8, 4) is 11.1 Å². The minimum Gasteiger partial charge on any atom is -0.346 e. The van der Waals surface area contributed by atoms with E-state index < -0.39 is 0 Å². The molecule has 0 amide bonds. The van der Waals surface area contributed by atoms with Gasteiger partial charge in [-0.1, -0.05) is 0 Å². The summed E-state index contributed by atoms with van der Waals surface area (Å²) in [5, 5.41) is 0. The van der Waals surface area contributed by atoms with Gasteiger partial charge >= 0.3 is 0 Å². The number of pyridine rings is 2. The first-order chi connectivity index (χ1) is 9.40. The fourth-order valence-electron chi connectivity index (χ4n) is 2.50. The Morgan fingerprint density at radius 3 is 2.74 bits per heavy atom. The van der Waals surface area contributed by atoms with Crippen LogP contribution in [-0.4, -0.2) is 14.5 Å². The van der Waals surface area contributed by atoms with Crippen LogP contribution in [0.4, 0.5) is 0 Å². The van der Waals surface area contributed by atoms with Gasteiger partial charge in [0.15, 0.2) is 0 Å². The molecule has 3 nitrogen and oxygen atoms in total. The Bertz CT molecular complexity index is 711. The average molecular weight is 249 g/mol. The van der Waals surface area contributed by atoms with Crippen LogP contribution in [0, 0.1) is 5.92 Å². The quantitative estimate of drug-likeness (QED) is 0.711. The maximum absolute atomic E-state index is 4.56. The molecule has 4 rings (SSSR count). The molecule has 3 aromatic heterocycles. The molecule has 0 aliphatic heterocycles. The molecule has 19 heavy (non-hydrogen) atoms. The van der Waals surface area contributed by atoms with Crippen LogP contribution in [0.25, 0.3) is 22.2 Å². The molecular weight excluding hydrogens is 234 g/mol. The highest BCUT2D eigenvalue weighted by atomic mass is 15.0. The van der Waals surface area contributed by atoms with Crippen LogP contribution in [0.5, 0.6) is 0 Å². The van der Waals surface area contributed by atoms with E-state index in [0.717, 1.165) is 23.5 Å². The fraction of sp³-hybridized carbons (Fsp3) is 0.250. The molecule has 0 N–H and O–H groups in total. The monoisotopic (exact) mass is 249 g/mol. The average Bonchev–Trinajstić information content (AvgIpc) is 3.20. The predicted molar refractivity (Wildman–Crippen MR) is 75.7 cm³/mol. The summed E-state index contributed by atoms with van der Waals surface area (Å²) >= 11 is 0. The molecule has 0 bridgehead atoms. The van der Waals surface area contributed by atoms with Crippen LogP contribution < -0.4 is 0 Å². The van der Waals surface area contributed by atoms with Crippen molar-refractivity contribution < 1.29 is 0 Å². The van der Waals surface area contributed by atoms with Crippen LogP contribution in [-0.2, 0) is 6.54 Å². The van der Waals surface area contributed by atoms with Crippen molar-refractivity contribution in [1.29, 1.82) is 0 Å². The first-order valence-corrected chi connectivity index (χ1v) is 6.75. The lowest BCUT2D eigenvalue weighted by Crippen LogP contribution is -1.97. The Kier molecular flexibility index (Phi) is 2.37. The topological polar surface area (TPSA) is 30.7 Å². The summed E-state index contributed by atoms with van der Waals surface area (Å²) in [4.78, 5) is 8.63. The lowest BCUT2D eigenvalue weighted by Gasteiger charge is -2.05. The van der Waals surface area contributed by atoms with Gasteiger partial charge in [0, 0.05) is 36.9 Å². The second kappa shape index (κ2) is 4.19. The molecule has 0 atom stereocenters. The van der Waals surface area contributed by atoms with Crippen molar-refractivity contribution >= 4 is 11.0 Å². The summed E-state index contributed by atoms with van der Waals surface area (Å²) in [5.41, 5.74) is 4.65. The number of aromatic nitrogens is 3. The molecule has 1 aliphatic carbocycles. The standard InChI is InChI=1S/C16H15N3/c1-2-12(1)11-19-8-5-15-16(19)9-14(10-18-15)13-3-6-17-7-4-13/h3-10,12H,1-2,11H2. The van der Waals surface area contributed by atoms with Gasteiger partial charge in [-0.2, -0.15) is 0 Å². The highest BCUT2D eigenvalue weighted by Gasteiger charge is 2.22. The van der Waals surface area contributed by atoms with Crippen molar-refractivity contribution in [3.63, 3.8) is 0 Å². The Morgan fingerprint density at radius 2 is 1.95 bits per heavy atom. The SMILES string of the molecule is c1cc(-c2cnc3ccn(CC4CC4)c3c2)ccn1. The Labute approximate surface area is 111 Å². The molecule has 3 heterocycles. The van der Waals surface area contributed by atoms with Gasteiger partial charge in [0.25, 0.3) is 0 Å². The maximum atomic E-state index is 4.56. The molecule has 94 valence electrons. The molecule has 0 aromatic carbocycles. The minimum atomic E-state index is 0.875. The summed E-state index contributed by atoms with van der Waals surface area (Å²) in [6.45, 7) is 1.13. The second-order valence-electron chi connectivity index (χ2n) is 5.28. The van der Waals surface area contributed by atoms with E-state index in [1.165, 1.54) is 23.9 Å². The summed E-state index contributed by atoms with van der Waals surface area (Å²) in [7, 11) is 0. The molecule has 0 spiro atoms. The lowest BCUT2D eigenvalue weighted by molar-refractivity contribution is 0.647. The molecule has 0 radical (unpaired) electrons. The van der Waals surface area contributed by atoms with E-state index in [9.17, 15) is 0 Å². The van der Waals surface area contributed by atoms with Gasteiger partial charge in [-0.25, -0.2) is 0 Å². The molecule has 3 heteroatoms. The number of fused-ring (bicyclic) bond motifs is 1. The summed E-state index contributed by atoms with van der Waals surface area (Å²) in [5.74, 6) is 0.875.